The smallest absolute Gasteiger partial charge is 0.123 e. The fourth-order valence-electron chi connectivity index (χ4n) is 3.58. The first kappa shape index (κ1) is 18.1. The number of aliphatic imine (C=N–C) groups is 1. The number of nitrogens with zero attached hydrogens (tertiary/aromatic N) is 3. The molecule has 1 aromatic heterocycles. The van der Waals surface area contributed by atoms with Crippen molar-refractivity contribution in [3.63, 3.8) is 0 Å². The topological polar surface area (TPSA) is 34.6 Å². The van der Waals surface area contributed by atoms with Crippen molar-refractivity contribution < 1.29 is 4.39 Å². The quantitative estimate of drug-likeness (QED) is 0.391. The van der Waals surface area contributed by atoms with Crippen LogP contribution in [0.4, 0.5) is 15.8 Å². The van der Waals surface area contributed by atoms with E-state index in [1.807, 2.05) is 12.1 Å². The molecule has 2 aromatic carbocycles. The number of anilines is 1. The van der Waals surface area contributed by atoms with E-state index in [1.165, 1.54) is 23.0 Å². The van der Waals surface area contributed by atoms with Gasteiger partial charge in [-0.1, -0.05) is 0 Å². The van der Waals surface area contributed by atoms with Crippen LogP contribution in [-0.2, 0) is 13.0 Å². The molecule has 4 nitrogen and oxygen atoms in total. The second-order valence-electron chi connectivity index (χ2n) is 7.11. The van der Waals surface area contributed by atoms with E-state index in [-0.39, 0.29) is 5.82 Å². The van der Waals surface area contributed by atoms with Gasteiger partial charge < -0.3 is 9.88 Å². The number of nitrogens with one attached hydrogen (secondary N) is 1. The summed E-state index contributed by atoms with van der Waals surface area (Å²) in [5, 5.41) is 1.01. The molecule has 0 spiro atoms. The number of aromatic amines is 1. The molecule has 1 aliphatic heterocycles. The SMILES string of the molecule is C=Nc1ccc(N2CCc3c([nH]c4ccc(F)cc34)C2)cc1SCN(C)C. The van der Waals surface area contributed by atoms with Crippen LogP contribution >= 0.6 is 11.8 Å². The van der Waals surface area contributed by atoms with Crippen LogP contribution < -0.4 is 4.90 Å². The Kier molecular flexibility index (Phi) is 4.93. The predicted molar refractivity (Wildman–Crippen MR) is 113 cm³/mol. The molecule has 3 aromatic rings. The van der Waals surface area contributed by atoms with Crippen molar-refractivity contribution >= 4 is 40.8 Å². The Morgan fingerprint density at radius 2 is 2.11 bits per heavy atom. The molecule has 0 radical (unpaired) electrons. The lowest BCUT2D eigenvalue weighted by Gasteiger charge is -2.29. The number of hydrogen-bond donors (Lipinski definition) is 1. The zero-order valence-electron chi connectivity index (χ0n) is 15.6. The van der Waals surface area contributed by atoms with Gasteiger partial charge in [0.1, 0.15) is 5.82 Å². The molecule has 0 saturated carbocycles. The maximum absolute atomic E-state index is 13.6. The molecule has 1 aliphatic rings. The summed E-state index contributed by atoms with van der Waals surface area (Å²) in [6.45, 7) is 5.40. The molecule has 140 valence electrons. The van der Waals surface area contributed by atoms with E-state index in [0.29, 0.717) is 0 Å². The van der Waals surface area contributed by atoms with Gasteiger partial charge in [-0.25, -0.2) is 4.39 Å². The van der Waals surface area contributed by atoms with Crippen LogP contribution in [0.2, 0.25) is 0 Å². The number of aromatic nitrogens is 1. The standard InChI is InChI=1S/C21H23FN4S/c1-23-19-7-5-15(11-21(19)27-13-25(2)3)26-9-8-16-17-10-14(22)4-6-18(17)24-20(16)12-26/h4-7,10-11,24H,1,8-9,12-13H2,2-3H3. The summed E-state index contributed by atoms with van der Waals surface area (Å²) in [5.74, 6) is 0.714. The summed E-state index contributed by atoms with van der Waals surface area (Å²) in [5.41, 5.74) is 5.53. The molecule has 0 saturated heterocycles. The van der Waals surface area contributed by atoms with Gasteiger partial charge in [-0.3, -0.25) is 9.89 Å². The molecule has 2 heterocycles. The van der Waals surface area contributed by atoms with Gasteiger partial charge >= 0.3 is 0 Å². The van der Waals surface area contributed by atoms with E-state index in [1.54, 1.807) is 17.8 Å². The lowest BCUT2D eigenvalue weighted by atomic mass is 10.0. The van der Waals surface area contributed by atoms with Crippen LogP contribution in [0.1, 0.15) is 11.3 Å². The summed E-state index contributed by atoms with van der Waals surface area (Å²) in [6.07, 6.45) is 0.903. The zero-order valence-corrected chi connectivity index (χ0v) is 16.4. The van der Waals surface area contributed by atoms with Crippen molar-refractivity contribution in [3.8, 4) is 0 Å². The van der Waals surface area contributed by atoms with Gasteiger partial charge in [0.15, 0.2) is 0 Å². The Morgan fingerprint density at radius 3 is 2.89 bits per heavy atom. The zero-order chi connectivity index (χ0) is 19.0. The van der Waals surface area contributed by atoms with Crippen molar-refractivity contribution in [3.05, 3.63) is 53.5 Å². The van der Waals surface area contributed by atoms with Gasteiger partial charge in [-0.2, -0.15) is 0 Å². The third kappa shape index (κ3) is 3.59. The second kappa shape index (κ2) is 7.37. The van der Waals surface area contributed by atoms with E-state index in [9.17, 15) is 4.39 Å². The number of rotatable bonds is 5. The normalized spacial score (nSPS) is 14.0. The maximum atomic E-state index is 13.6. The Bertz CT molecular complexity index is 995. The highest BCUT2D eigenvalue weighted by molar-refractivity contribution is 7.99. The first-order chi connectivity index (χ1) is 13.0. The first-order valence-electron chi connectivity index (χ1n) is 8.97. The van der Waals surface area contributed by atoms with Crippen molar-refractivity contribution in [2.75, 3.05) is 31.4 Å². The van der Waals surface area contributed by atoms with Gasteiger partial charge in [0.25, 0.3) is 0 Å². The number of halogens is 1. The molecule has 27 heavy (non-hydrogen) atoms. The summed E-state index contributed by atoms with van der Waals surface area (Å²) in [4.78, 5) is 13.3. The molecule has 0 aliphatic carbocycles. The van der Waals surface area contributed by atoms with Gasteiger partial charge in [-0.15, -0.1) is 11.8 Å². The summed E-state index contributed by atoms with van der Waals surface area (Å²) in [6, 6.07) is 11.3. The van der Waals surface area contributed by atoms with Gasteiger partial charge in [0, 0.05) is 39.6 Å². The molecule has 0 unspecified atom stereocenters. The van der Waals surface area contributed by atoms with Crippen molar-refractivity contribution in [2.45, 2.75) is 17.9 Å². The lowest BCUT2D eigenvalue weighted by molar-refractivity contribution is 0.485. The summed E-state index contributed by atoms with van der Waals surface area (Å²) < 4.78 is 13.6. The highest BCUT2D eigenvalue weighted by Gasteiger charge is 2.21. The lowest BCUT2D eigenvalue weighted by Crippen LogP contribution is -2.30. The molecule has 0 fully saturated rings. The Balaban J connectivity index is 1.62. The van der Waals surface area contributed by atoms with Gasteiger partial charge in [-0.05, 0) is 69.2 Å². The summed E-state index contributed by atoms with van der Waals surface area (Å²) in [7, 11) is 4.12. The maximum Gasteiger partial charge on any atom is 0.123 e. The monoisotopic (exact) mass is 382 g/mol. The molecule has 6 heteroatoms. The third-order valence-electron chi connectivity index (χ3n) is 4.89. The highest BCUT2D eigenvalue weighted by Crippen LogP contribution is 2.36. The first-order valence-corrected chi connectivity index (χ1v) is 9.96. The minimum absolute atomic E-state index is 0.179. The van der Waals surface area contributed by atoms with E-state index < -0.39 is 0 Å². The average molecular weight is 383 g/mol. The number of thioether (sulfide) groups is 1. The number of fused-ring (bicyclic) bond motifs is 3. The van der Waals surface area contributed by atoms with Crippen molar-refractivity contribution in [2.24, 2.45) is 4.99 Å². The fourth-order valence-corrected chi connectivity index (χ4v) is 4.46. The molecule has 0 bridgehead atoms. The predicted octanol–water partition coefficient (Wildman–Crippen LogP) is 4.81. The second-order valence-corrected chi connectivity index (χ2v) is 8.09. The molecular weight excluding hydrogens is 359 g/mol. The third-order valence-corrected chi connectivity index (χ3v) is 6.18. The Hall–Kier alpha value is -2.31. The Morgan fingerprint density at radius 1 is 1.26 bits per heavy atom. The van der Waals surface area contributed by atoms with Gasteiger partial charge in [0.05, 0.1) is 12.2 Å². The van der Waals surface area contributed by atoms with Crippen LogP contribution in [0.3, 0.4) is 0 Å². The largest absolute Gasteiger partial charge is 0.365 e. The van der Waals surface area contributed by atoms with Crippen LogP contribution in [0.15, 0.2) is 46.3 Å². The van der Waals surface area contributed by atoms with Crippen LogP contribution in [0.5, 0.6) is 0 Å². The molecule has 1 N–H and O–H groups in total. The van der Waals surface area contributed by atoms with Crippen molar-refractivity contribution in [1.82, 2.24) is 9.88 Å². The molecular formula is C21H23FN4S. The van der Waals surface area contributed by atoms with E-state index in [2.05, 4.69) is 52.7 Å². The van der Waals surface area contributed by atoms with Crippen LogP contribution in [0, 0.1) is 5.82 Å². The van der Waals surface area contributed by atoms with Crippen LogP contribution in [-0.4, -0.2) is 43.1 Å². The number of benzene rings is 2. The number of H-pyrrole nitrogens is 1. The summed E-state index contributed by atoms with van der Waals surface area (Å²) >= 11 is 1.76. The van der Waals surface area contributed by atoms with E-state index in [0.717, 1.165) is 46.9 Å². The van der Waals surface area contributed by atoms with E-state index >= 15 is 0 Å². The average Bonchev–Trinajstić information content (AvgIpc) is 3.03. The van der Waals surface area contributed by atoms with Crippen LogP contribution in [0.25, 0.3) is 10.9 Å². The molecule has 0 atom stereocenters. The minimum Gasteiger partial charge on any atom is -0.365 e. The molecule has 0 amide bonds. The Labute approximate surface area is 163 Å². The molecule has 4 rings (SSSR count). The highest BCUT2D eigenvalue weighted by atomic mass is 32.2. The minimum atomic E-state index is -0.179. The van der Waals surface area contributed by atoms with E-state index in [4.69, 9.17) is 0 Å². The van der Waals surface area contributed by atoms with Crippen molar-refractivity contribution in [1.29, 1.82) is 0 Å². The number of hydrogen-bond acceptors (Lipinski definition) is 4. The van der Waals surface area contributed by atoms with Gasteiger partial charge in [0.2, 0.25) is 0 Å². The fraction of sp³-hybridized carbons (Fsp3) is 0.286.